The molecule has 1 saturated heterocycles. The van der Waals surface area contributed by atoms with Gasteiger partial charge in [0.05, 0.1) is 12.5 Å². The second-order valence-corrected chi connectivity index (χ2v) is 6.04. The third kappa shape index (κ3) is 2.75. The van der Waals surface area contributed by atoms with Crippen LogP contribution in [0.4, 0.5) is 4.39 Å². The Morgan fingerprint density at radius 3 is 2.80 bits per heavy atom. The second kappa shape index (κ2) is 5.75. The molecule has 1 fully saturated rings. The number of likely N-dealkylation sites (tertiary alicyclic amines) is 1. The van der Waals surface area contributed by atoms with Crippen molar-refractivity contribution in [3.63, 3.8) is 0 Å². The third-order valence-electron chi connectivity index (χ3n) is 3.71. The van der Waals surface area contributed by atoms with Crippen LogP contribution >= 0.6 is 11.3 Å². The largest absolute Gasteiger partial charge is 0.335 e. The van der Waals surface area contributed by atoms with Gasteiger partial charge in [-0.05, 0) is 42.0 Å². The molecule has 1 aromatic heterocycles. The Morgan fingerprint density at radius 2 is 2.10 bits per heavy atom. The number of hydrogen-bond donors (Lipinski definition) is 0. The monoisotopic (exact) mass is 289 g/mol. The molecule has 1 aliphatic rings. The van der Waals surface area contributed by atoms with Gasteiger partial charge in [-0.1, -0.05) is 18.2 Å². The molecule has 1 atom stereocenters. The van der Waals surface area contributed by atoms with Crippen LogP contribution in [0, 0.1) is 5.82 Å². The molecule has 0 radical (unpaired) electrons. The third-order valence-corrected chi connectivity index (χ3v) is 4.69. The molecular formula is C16H16FNOS. The topological polar surface area (TPSA) is 20.3 Å². The first-order valence-electron chi connectivity index (χ1n) is 6.81. The minimum absolute atomic E-state index is 0.132. The van der Waals surface area contributed by atoms with Gasteiger partial charge in [0.15, 0.2) is 0 Å². The van der Waals surface area contributed by atoms with Crippen LogP contribution in [0.2, 0.25) is 0 Å². The van der Waals surface area contributed by atoms with Gasteiger partial charge in [0.1, 0.15) is 5.82 Å². The summed E-state index contributed by atoms with van der Waals surface area (Å²) in [6.45, 7) is 0.822. The lowest BCUT2D eigenvalue weighted by molar-refractivity contribution is -0.131. The van der Waals surface area contributed by atoms with Crippen molar-refractivity contribution in [1.29, 1.82) is 0 Å². The van der Waals surface area contributed by atoms with Crippen LogP contribution in [0.15, 0.2) is 41.8 Å². The number of carbonyl (C=O) groups excluding carboxylic acids is 1. The zero-order valence-electron chi connectivity index (χ0n) is 11.1. The van der Waals surface area contributed by atoms with E-state index in [4.69, 9.17) is 0 Å². The van der Waals surface area contributed by atoms with E-state index < -0.39 is 0 Å². The van der Waals surface area contributed by atoms with E-state index in [-0.39, 0.29) is 17.8 Å². The lowest BCUT2D eigenvalue weighted by Gasteiger charge is -2.24. The maximum Gasteiger partial charge on any atom is 0.227 e. The number of hydrogen-bond acceptors (Lipinski definition) is 2. The van der Waals surface area contributed by atoms with Gasteiger partial charge in [-0.2, -0.15) is 0 Å². The summed E-state index contributed by atoms with van der Waals surface area (Å²) in [6, 6.07) is 10.5. The quantitative estimate of drug-likeness (QED) is 0.841. The maximum absolute atomic E-state index is 12.9. The average molecular weight is 289 g/mol. The molecule has 20 heavy (non-hydrogen) atoms. The van der Waals surface area contributed by atoms with Crippen LogP contribution in [0.25, 0.3) is 0 Å². The van der Waals surface area contributed by atoms with Gasteiger partial charge >= 0.3 is 0 Å². The molecule has 0 saturated carbocycles. The number of amides is 1. The lowest BCUT2D eigenvalue weighted by atomic mass is 10.1. The van der Waals surface area contributed by atoms with Gasteiger partial charge in [0.2, 0.25) is 5.91 Å². The van der Waals surface area contributed by atoms with E-state index >= 15 is 0 Å². The Morgan fingerprint density at radius 1 is 1.30 bits per heavy atom. The van der Waals surface area contributed by atoms with E-state index in [1.54, 1.807) is 23.5 Å². The van der Waals surface area contributed by atoms with Crippen LogP contribution < -0.4 is 0 Å². The second-order valence-electron chi connectivity index (χ2n) is 5.06. The predicted octanol–water partition coefficient (Wildman–Crippen LogP) is 3.79. The Balaban J connectivity index is 1.71. The summed E-state index contributed by atoms with van der Waals surface area (Å²) in [4.78, 5) is 15.7. The van der Waals surface area contributed by atoms with Crippen LogP contribution in [-0.4, -0.2) is 17.4 Å². The average Bonchev–Trinajstić information content (AvgIpc) is 3.11. The zero-order chi connectivity index (χ0) is 13.9. The summed E-state index contributed by atoms with van der Waals surface area (Å²) in [5.41, 5.74) is 0.869. The van der Waals surface area contributed by atoms with Gasteiger partial charge in [-0.15, -0.1) is 11.3 Å². The molecule has 0 N–H and O–H groups in total. The molecule has 104 valence electrons. The molecular weight excluding hydrogens is 273 g/mol. The van der Waals surface area contributed by atoms with Crippen molar-refractivity contribution in [3.8, 4) is 0 Å². The highest BCUT2D eigenvalue weighted by Crippen LogP contribution is 2.34. The Kier molecular flexibility index (Phi) is 3.83. The summed E-state index contributed by atoms with van der Waals surface area (Å²) in [5.74, 6) is -0.133. The number of thiophene rings is 1. The Bertz CT molecular complexity index is 579. The SMILES string of the molecule is O=C(Cc1ccc(F)cc1)N1CCCC1c1cccs1. The van der Waals surface area contributed by atoms with Crippen molar-refractivity contribution in [1.82, 2.24) is 4.90 Å². The molecule has 1 aromatic carbocycles. The van der Waals surface area contributed by atoms with Crippen molar-refractivity contribution in [2.75, 3.05) is 6.54 Å². The summed E-state index contributed by atoms with van der Waals surface area (Å²) in [6.07, 6.45) is 2.44. The fourth-order valence-corrected chi connectivity index (χ4v) is 3.59. The van der Waals surface area contributed by atoms with Crippen LogP contribution in [0.1, 0.15) is 29.3 Å². The van der Waals surface area contributed by atoms with Crippen LogP contribution in [-0.2, 0) is 11.2 Å². The Labute approximate surface area is 121 Å². The molecule has 0 aliphatic carbocycles. The smallest absolute Gasteiger partial charge is 0.227 e. The van der Waals surface area contributed by atoms with Gasteiger partial charge in [0.25, 0.3) is 0 Å². The highest BCUT2D eigenvalue weighted by molar-refractivity contribution is 7.10. The number of rotatable bonds is 3. The first kappa shape index (κ1) is 13.3. The molecule has 1 aliphatic heterocycles. The van der Waals surface area contributed by atoms with Crippen molar-refractivity contribution in [2.45, 2.75) is 25.3 Å². The number of halogens is 1. The van der Waals surface area contributed by atoms with E-state index in [1.807, 2.05) is 11.0 Å². The molecule has 1 unspecified atom stereocenters. The predicted molar refractivity (Wildman–Crippen MR) is 78.1 cm³/mol. The van der Waals surface area contributed by atoms with Gasteiger partial charge in [-0.25, -0.2) is 4.39 Å². The van der Waals surface area contributed by atoms with Gasteiger partial charge < -0.3 is 4.90 Å². The first-order valence-corrected chi connectivity index (χ1v) is 7.69. The molecule has 3 rings (SSSR count). The lowest BCUT2D eigenvalue weighted by Crippen LogP contribution is -2.31. The number of carbonyl (C=O) groups is 1. The molecule has 2 nitrogen and oxygen atoms in total. The molecule has 2 aromatic rings. The van der Waals surface area contributed by atoms with Gasteiger partial charge in [0, 0.05) is 11.4 Å². The fourth-order valence-electron chi connectivity index (χ4n) is 2.72. The van der Waals surface area contributed by atoms with Crippen molar-refractivity contribution < 1.29 is 9.18 Å². The normalized spacial score (nSPS) is 18.4. The van der Waals surface area contributed by atoms with Gasteiger partial charge in [-0.3, -0.25) is 4.79 Å². The molecule has 4 heteroatoms. The van der Waals surface area contributed by atoms with Crippen molar-refractivity contribution in [2.24, 2.45) is 0 Å². The fraction of sp³-hybridized carbons (Fsp3) is 0.312. The zero-order valence-corrected chi connectivity index (χ0v) is 11.9. The highest BCUT2D eigenvalue weighted by atomic mass is 32.1. The van der Waals surface area contributed by atoms with E-state index in [0.29, 0.717) is 6.42 Å². The summed E-state index contributed by atoms with van der Waals surface area (Å²) < 4.78 is 12.9. The molecule has 0 spiro atoms. The first-order chi connectivity index (χ1) is 9.74. The molecule has 1 amide bonds. The molecule has 2 heterocycles. The van der Waals surface area contributed by atoms with E-state index in [1.165, 1.54) is 17.0 Å². The summed E-state index contributed by atoms with van der Waals surface area (Å²) in [5, 5.41) is 2.05. The Hall–Kier alpha value is -1.68. The number of nitrogens with zero attached hydrogens (tertiary/aromatic N) is 1. The van der Waals surface area contributed by atoms with E-state index in [9.17, 15) is 9.18 Å². The van der Waals surface area contributed by atoms with E-state index in [2.05, 4.69) is 11.4 Å². The van der Waals surface area contributed by atoms with Crippen molar-refractivity contribution in [3.05, 3.63) is 58.0 Å². The standard InChI is InChI=1S/C16H16FNOS/c17-13-7-5-12(6-8-13)11-16(19)18-9-1-3-14(18)15-4-2-10-20-15/h2,4-8,10,14H,1,3,9,11H2. The molecule has 0 bridgehead atoms. The summed E-state index contributed by atoms with van der Waals surface area (Å²) >= 11 is 1.71. The van der Waals surface area contributed by atoms with Crippen LogP contribution in [0.3, 0.4) is 0 Å². The minimum Gasteiger partial charge on any atom is -0.335 e. The summed E-state index contributed by atoms with van der Waals surface area (Å²) in [7, 11) is 0. The minimum atomic E-state index is -0.265. The number of benzene rings is 1. The maximum atomic E-state index is 12.9. The van der Waals surface area contributed by atoms with Crippen molar-refractivity contribution >= 4 is 17.2 Å². The highest BCUT2D eigenvalue weighted by Gasteiger charge is 2.30. The van der Waals surface area contributed by atoms with E-state index in [0.717, 1.165) is 24.9 Å². The van der Waals surface area contributed by atoms with Crippen LogP contribution in [0.5, 0.6) is 0 Å².